The number of phenols is 2. The molecule has 0 atom stereocenters. The molecule has 0 spiro atoms. The van der Waals surface area contributed by atoms with Gasteiger partial charge in [-0.15, -0.1) is 10.2 Å². The minimum Gasteiger partial charge on any atom is -0.505 e. The minimum absolute atomic E-state index is 0. The summed E-state index contributed by atoms with van der Waals surface area (Å²) in [5.41, 5.74) is 6.99. The van der Waals surface area contributed by atoms with E-state index in [4.69, 9.17) is 5.73 Å². The quantitative estimate of drug-likeness (QED) is 0.0310. The number of nitrogens with zero attached hydrogens (tertiary/aromatic N) is 4. The van der Waals surface area contributed by atoms with Gasteiger partial charge in [0.05, 0.1) is 16.3 Å². The molecular weight excluding hydrogens is 788 g/mol. The summed E-state index contributed by atoms with van der Waals surface area (Å²) in [6.07, 6.45) is 0. The fraction of sp³-hybridized carbons (Fsp3) is 0.0588. The molecular formula is C34H28N6NaO11S3. The van der Waals surface area contributed by atoms with Gasteiger partial charge in [0.2, 0.25) is 0 Å². The van der Waals surface area contributed by atoms with Crippen molar-refractivity contribution in [3.63, 3.8) is 0 Å². The van der Waals surface area contributed by atoms with Gasteiger partial charge in [0.1, 0.15) is 21.2 Å². The molecule has 0 saturated heterocycles. The van der Waals surface area contributed by atoms with Crippen LogP contribution in [-0.4, -0.2) is 85.2 Å². The topological polar surface area (TPSA) is 291 Å². The van der Waals surface area contributed by atoms with Crippen LogP contribution in [0.3, 0.4) is 0 Å². The third-order valence-electron chi connectivity index (χ3n) is 8.04. The zero-order valence-corrected chi connectivity index (χ0v) is 33.1. The number of nitrogens with two attached hydrogens (primary N) is 1. The van der Waals surface area contributed by atoms with E-state index < -0.39 is 67.9 Å². The molecule has 0 aromatic heterocycles. The number of aromatic hydroxyl groups is 2. The van der Waals surface area contributed by atoms with Gasteiger partial charge in [0.15, 0.2) is 11.5 Å². The number of nitrogens with one attached hydrogen (secondary N) is 1. The van der Waals surface area contributed by atoms with Gasteiger partial charge in [-0.05, 0) is 89.5 Å². The average molecular weight is 816 g/mol. The number of rotatable bonds is 10. The number of hydrogen-bond acceptors (Lipinski definition) is 14. The molecule has 21 heteroatoms. The first-order valence-corrected chi connectivity index (χ1v) is 19.8. The fourth-order valence-corrected chi connectivity index (χ4v) is 7.41. The Morgan fingerprint density at radius 1 is 0.600 bits per heavy atom. The van der Waals surface area contributed by atoms with Crippen LogP contribution in [0, 0.1) is 0 Å². The Morgan fingerprint density at radius 2 is 1.09 bits per heavy atom. The maximum Gasteiger partial charge on any atom is 0.296 e. The molecule has 0 amide bonds. The first kappa shape index (κ1) is 41.1. The SMILES string of the molecule is CCNc1ccc2cc(S(=O)(=O)O)c(N=Nc3ccc(-c4ccc(N=Nc5c(S(=O)(=O)O)cc6cc(S(=O)(=O)O)cc(N)c6c5O)cc4)cc3)c(O)c2c1.[Na]. The van der Waals surface area contributed by atoms with Crippen LogP contribution in [0.1, 0.15) is 6.92 Å². The molecule has 6 aromatic rings. The van der Waals surface area contributed by atoms with E-state index in [0.29, 0.717) is 34.1 Å². The summed E-state index contributed by atoms with van der Waals surface area (Å²) in [6, 6.07) is 21.5. The number of phenolic OH excluding ortho intramolecular Hbond substituents is 2. The molecule has 0 aliphatic rings. The Morgan fingerprint density at radius 3 is 1.56 bits per heavy atom. The van der Waals surface area contributed by atoms with Crippen molar-refractivity contribution in [2.75, 3.05) is 17.6 Å². The Labute approximate surface area is 335 Å². The van der Waals surface area contributed by atoms with Crippen LogP contribution in [0.2, 0.25) is 0 Å². The van der Waals surface area contributed by atoms with Gasteiger partial charge in [-0.25, -0.2) is 0 Å². The largest absolute Gasteiger partial charge is 0.505 e. The maximum absolute atomic E-state index is 12.2. The summed E-state index contributed by atoms with van der Waals surface area (Å²) in [5, 5.41) is 41.1. The van der Waals surface area contributed by atoms with E-state index in [1.165, 1.54) is 18.2 Å². The number of nitrogen functional groups attached to an aromatic ring is 1. The van der Waals surface area contributed by atoms with Crippen LogP contribution in [0.5, 0.6) is 11.5 Å². The second-order valence-corrected chi connectivity index (χ2v) is 15.8. The van der Waals surface area contributed by atoms with Crippen molar-refractivity contribution in [3.05, 3.63) is 91.0 Å². The van der Waals surface area contributed by atoms with Gasteiger partial charge in [-0.1, -0.05) is 30.3 Å². The second-order valence-electron chi connectivity index (χ2n) is 11.6. The summed E-state index contributed by atoms with van der Waals surface area (Å²) in [7, 11) is -14.6. The standard InChI is InChI=1S/C34H28N6O11S3.Na/c1-2-36-24-12-7-20-14-28(53(46,47)48)31(33(41)26(20)16-24)39-37-22-8-3-18(4-9-22)19-5-10-23(11-6-19)38-40-32-29(54(49,50)51)15-21-13-25(52(43,44)45)17-27(35)30(21)34(32)42;/h3-17,36,41-42H,2,35H2,1H3,(H,43,44,45)(H,46,47,48)(H,49,50,51);. The Kier molecular flexibility index (Phi) is 11.7. The van der Waals surface area contributed by atoms with Crippen molar-refractivity contribution < 1.29 is 49.1 Å². The summed E-state index contributed by atoms with van der Waals surface area (Å²) in [6.45, 7) is 2.50. The average Bonchev–Trinajstić information content (AvgIpc) is 3.10. The summed E-state index contributed by atoms with van der Waals surface area (Å²) in [4.78, 5) is -2.19. The van der Waals surface area contributed by atoms with E-state index in [0.717, 1.165) is 18.2 Å². The smallest absolute Gasteiger partial charge is 0.296 e. The van der Waals surface area contributed by atoms with E-state index in [9.17, 15) is 49.1 Å². The van der Waals surface area contributed by atoms with E-state index in [1.54, 1.807) is 54.6 Å². The van der Waals surface area contributed by atoms with Crippen molar-refractivity contribution >= 4 is 116 Å². The molecule has 6 aromatic carbocycles. The van der Waals surface area contributed by atoms with Gasteiger partial charge >= 0.3 is 0 Å². The number of anilines is 2. The zero-order valence-electron chi connectivity index (χ0n) is 28.6. The van der Waals surface area contributed by atoms with Crippen LogP contribution in [0.4, 0.5) is 34.1 Å². The van der Waals surface area contributed by atoms with Crippen molar-refractivity contribution in [3.8, 4) is 22.6 Å². The molecule has 6 rings (SSSR count). The molecule has 0 aliphatic carbocycles. The van der Waals surface area contributed by atoms with Gasteiger partial charge in [-0.3, -0.25) is 13.7 Å². The monoisotopic (exact) mass is 815 g/mol. The Hall–Kier alpha value is -5.03. The Balaban J connectivity index is 0.00000580. The molecule has 17 nitrogen and oxygen atoms in total. The fourth-order valence-electron chi connectivity index (χ4n) is 5.54. The van der Waals surface area contributed by atoms with E-state index in [2.05, 4.69) is 25.8 Å². The molecule has 0 saturated carbocycles. The molecule has 0 fully saturated rings. The predicted molar refractivity (Wildman–Crippen MR) is 205 cm³/mol. The summed E-state index contributed by atoms with van der Waals surface area (Å²) in [5.74, 6) is -1.30. The van der Waals surface area contributed by atoms with Crippen LogP contribution in [-0.2, 0) is 30.4 Å². The van der Waals surface area contributed by atoms with Gasteiger partial charge in [-0.2, -0.15) is 35.5 Å². The molecule has 55 heavy (non-hydrogen) atoms. The molecule has 279 valence electrons. The number of fused-ring (bicyclic) bond motifs is 2. The second kappa shape index (κ2) is 15.6. The van der Waals surface area contributed by atoms with E-state index in [-0.39, 0.29) is 57.4 Å². The van der Waals surface area contributed by atoms with Crippen molar-refractivity contribution in [1.29, 1.82) is 0 Å². The van der Waals surface area contributed by atoms with Crippen LogP contribution >= 0.6 is 0 Å². The normalized spacial score (nSPS) is 12.4. The van der Waals surface area contributed by atoms with Crippen LogP contribution in [0.25, 0.3) is 32.7 Å². The van der Waals surface area contributed by atoms with Gasteiger partial charge in [0, 0.05) is 58.2 Å². The molecule has 1 radical (unpaired) electrons. The van der Waals surface area contributed by atoms with Gasteiger partial charge < -0.3 is 21.3 Å². The first-order chi connectivity index (χ1) is 25.3. The summed E-state index contributed by atoms with van der Waals surface area (Å²) < 4.78 is 101. The first-order valence-electron chi connectivity index (χ1n) is 15.4. The minimum atomic E-state index is -5.04. The predicted octanol–water partition coefficient (Wildman–Crippen LogP) is 7.28. The molecule has 0 heterocycles. The Bertz CT molecular complexity index is 2890. The zero-order chi connectivity index (χ0) is 39.2. The van der Waals surface area contributed by atoms with Crippen molar-refractivity contribution in [2.45, 2.75) is 21.6 Å². The van der Waals surface area contributed by atoms with E-state index >= 15 is 0 Å². The number of benzene rings is 6. The van der Waals surface area contributed by atoms with Crippen molar-refractivity contribution in [1.82, 2.24) is 0 Å². The number of azo groups is 2. The van der Waals surface area contributed by atoms with Gasteiger partial charge in [0.25, 0.3) is 30.4 Å². The van der Waals surface area contributed by atoms with E-state index in [1.807, 2.05) is 6.92 Å². The maximum atomic E-state index is 12.2. The molecule has 0 bridgehead atoms. The third-order valence-corrected chi connectivity index (χ3v) is 10.6. The number of hydrogen-bond donors (Lipinski definition) is 7. The summed E-state index contributed by atoms with van der Waals surface area (Å²) >= 11 is 0. The molecule has 0 aliphatic heterocycles. The molecule has 0 unspecified atom stereocenters. The van der Waals surface area contributed by atoms with Crippen LogP contribution < -0.4 is 11.1 Å². The molecule has 8 N–H and O–H groups in total. The van der Waals surface area contributed by atoms with Crippen LogP contribution in [0.15, 0.2) is 126 Å². The van der Waals surface area contributed by atoms with Crippen molar-refractivity contribution in [2.24, 2.45) is 20.5 Å². The third kappa shape index (κ3) is 8.77.